The van der Waals surface area contributed by atoms with Gasteiger partial charge in [-0.05, 0) is 71.6 Å². The van der Waals surface area contributed by atoms with Gasteiger partial charge in [-0.3, -0.25) is 9.78 Å². The fraction of sp³-hybridized carbons (Fsp3) is 0.250. The Bertz CT molecular complexity index is 1190. The number of amides is 1. The predicted molar refractivity (Wildman–Crippen MR) is 122 cm³/mol. The molecule has 1 aliphatic heterocycles. The summed E-state index contributed by atoms with van der Waals surface area (Å²) in [5, 5.41) is 0. The highest BCUT2D eigenvalue weighted by atomic mass is 32.2. The second kappa shape index (κ2) is 8.61. The monoisotopic (exact) mass is 435 g/mol. The Labute approximate surface area is 183 Å². The van der Waals surface area contributed by atoms with Gasteiger partial charge in [0.05, 0.1) is 4.90 Å². The van der Waals surface area contributed by atoms with Crippen molar-refractivity contribution in [3.63, 3.8) is 0 Å². The van der Waals surface area contributed by atoms with Gasteiger partial charge in [-0.1, -0.05) is 19.9 Å². The summed E-state index contributed by atoms with van der Waals surface area (Å²) in [7, 11) is -3.54. The minimum atomic E-state index is -3.54. The van der Waals surface area contributed by atoms with E-state index >= 15 is 0 Å². The normalized spacial score (nSPS) is 13.5. The maximum atomic E-state index is 13.1. The lowest BCUT2D eigenvalue weighted by Gasteiger charge is -2.20. The van der Waals surface area contributed by atoms with Crippen molar-refractivity contribution in [2.45, 2.75) is 25.2 Å². The number of carbonyl (C=O) groups is 1. The Morgan fingerprint density at radius 3 is 2.29 bits per heavy atom. The van der Waals surface area contributed by atoms with Crippen LogP contribution in [0.25, 0.3) is 11.1 Å². The van der Waals surface area contributed by atoms with Crippen LogP contribution in [0.5, 0.6) is 0 Å². The van der Waals surface area contributed by atoms with Gasteiger partial charge >= 0.3 is 0 Å². The topological polar surface area (TPSA) is 70.6 Å². The van der Waals surface area contributed by atoms with Crippen LogP contribution >= 0.6 is 0 Å². The molecule has 6 nitrogen and oxygen atoms in total. The fourth-order valence-corrected chi connectivity index (χ4v) is 5.43. The first-order valence-electron chi connectivity index (χ1n) is 10.4. The van der Waals surface area contributed by atoms with Gasteiger partial charge in [-0.25, -0.2) is 8.42 Å². The van der Waals surface area contributed by atoms with E-state index in [4.69, 9.17) is 0 Å². The van der Waals surface area contributed by atoms with Crippen molar-refractivity contribution in [1.29, 1.82) is 0 Å². The van der Waals surface area contributed by atoms with Crippen molar-refractivity contribution >= 4 is 21.6 Å². The molecule has 0 fully saturated rings. The lowest BCUT2D eigenvalue weighted by Crippen LogP contribution is -2.31. The number of hydrogen-bond acceptors (Lipinski definition) is 4. The first kappa shape index (κ1) is 21.2. The molecule has 3 aromatic rings. The van der Waals surface area contributed by atoms with Gasteiger partial charge in [0.1, 0.15) is 0 Å². The van der Waals surface area contributed by atoms with Crippen molar-refractivity contribution in [3.8, 4) is 11.1 Å². The Morgan fingerprint density at radius 2 is 1.65 bits per heavy atom. The van der Waals surface area contributed by atoms with Crippen molar-refractivity contribution in [2.24, 2.45) is 0 Å². The highest BCUT2D eigenvalue weighted by Gasteiger charge is 2.27. The summed E-state index contributed by atoms with van der Waals surface area (Å²) in [5.41, 5.74) is 4.70. The standard InChI is InChI=1S/C24H25N3O3S/c1-3-26(4-2)31(29,30)22-8-5-19(6-9-22)24(28)27-16-13-21-17-20(7-10-23(21)27)18-11-14-25-15-12-18/h5-12,14-15,17H,3-4,13,16H2,1-2H3. The summed E-state index contributed by atoms with van der Waals surface area (Å²) in [5.74, 6) is -0.123. The molecule has 0 saturated carbocycles. The predicted octanol–water partition coefficient (Wildman–Crippen LogP) is 3.98. The van der Waals surface area contributed by atoms with Crippen LogP contribution in [-0.4, -0.2) is 43.2 Å². The van der Waals surface area contributed by atoms with Gasteiger partial charge in [-0.15, -0.1) is 0 Å². The van der Waals surface area contributed by atoms with E-state index in [-0.39, 0.29) is 10.8 Å². The van der Waals surface area contributed by atoms with Crippen LogP contribution in [0.15, 0.2) is 71.9 Å². The molecule has 0 spiro atoms. The van der Waals surface area contributed by atoms with Crippen molar-refractivity contribution in [2.75, 3.05) is 24.5 Å². The van der Waals surface area contributed by atoms with E-state index in [0.717, 1.165) is 28.8 Å². The molecule has 0 N–H and O–H groups in total. The molecule has 0 unspecified atom stereocenters. The van der Waals surface area contributed by atoms with Crippen LogP contribution in [0, 0.1) is 0 Å². The highest BCUT2D eigenvalue weighted by molar-refractivity contribution is 7.89. The quantitative estimate of drug-likeness (QED) is 0.587. The number of nitrogens with zero attached hydrogens (tertiary/aromatic N) is 3. The number of anilines is 1. The van der Waals surface area contributed by atoms with E-state index in [1.807, 2.05) is 38.1 Å². The molecular formula is C24H25N3O3S. The molecule has 2 aromatic carbocycles. The van der Waals surface area contributed by atoms with Crippen molar-refractivity contribution in [1.82, 2.24) is 9.29 Å². The molecule has 0 saturated heterocycles. The summed E-state index contributed by atoms with van der Waals surface area (Å²) in [6, 6.07) is 16.3. The minimum absolute atomic E-state index is 0.123. The van der Waals surface area contributed by atoms with Gasteiger partial charge in [0.25, 0.3) is 5.91 Å². The Morgan fingerprint density at radius 1 is 0.968 bits per heavy atom. The number of carbonyl (C=O) groups excluding carboxylic acids is 1. The third-order valence-corrected chi connectivity index (χ3v) is 7.74. The van der Waals surface area contributed by atoms with Gasteiger partial charge in [-0.2, -0.15) is 4.31 Å². The van der Waals surface area contributed by atoms with E-state index in [1.54, 1.807) is 29.4 Å². The number of rotatable bonds is 6. The lowest BCUT2D eigenvalue weighted by atomic mass is 10.0. The fourth-order valence-electron chi connectivity index (χ4n) is 3.97. The third kappa shape index (κ3) is 3.98. The van der Waals surface area contributed by atoms with E-state index < -0.39 is 10.0 Å². The molecule has 0 atom stereocenters. The van der Waals surface area contributed by atoms with Gasteiger partial charge in [0, 0.05) is 43.3 Å². The Balaban J connectivity index is 1.57. The zero-order valence-corrected chi connectivity index (χ0v) is 18.5. The number of benzene rings is 2. The maximum absolute atomic E-state index is 13.1. The smallest absolute Gasteiger partial charge is 0.258 e. The summed E-state index contributed by atoms with van der Waals surface area (Å²) < 4.78 is 26.7. The second-order valence-corrected chi connectivity index (χ2v) is 9.34. The third-order valence-electron chi connectivity index (χ3n) is 5.68. The molecule has 1 amide bonds. The lowest BCUT2D eigenvalue weighted by molar-refractivity contribution is 0.0989. The van der Waals surface area contributed by atoms with E-state index in [9.17, 15) is 13.2 Å². The first-order chi connectivity index (χ1) is 15.0. The van der Waals surface area contributed by atoms with Gasteiger partial charge in [0.15, 0.2) is 0 Å². The van der Waals surface area contributed by atoms with E-state index in [0.29, 0.717) is 25.2 Å². The number of hydrogen-bond donors (Lipinski definition) is 0. The first-order valence-corrected chi connectivity index (χ1v) is 11.8. The minimum Gasteiger partial charge on any atom is -0.308 e. The molecular weight excluding hydrogens is 410 g/mol. The van der Waals surface area contributed by atoms with Crippen LogP contribution < -0.4 is 4.90 Å². The van der Waals surface area contributed by atoms with Crippen LogP contribution in [0.4, 0.5) is 5.69 Å². The Kier molecular flexibility index (Phi) is 5.89. The molecule has 0 radical (unpaired) electrons. The van der Waals surface area contributed by atoms with Crippen LogP contribution in [0.3, 0.4) is 0 Å². The number of pyridine rings is 1. The average molecular weight is 436 g/mol. The van der Waals surface area contributed by atoms with Crippen molar-refractivity contribution in [3.05, 3.63) is 78.1 Å². The molecule has 0 bridgehead atoms. The Hall–Kier alpha value is -3.03. The van der Waals surface area contributed by atoms with Crippen LogP contribution in [-0.2, 0) is 16.4 Å². The maximum Gasteiger partial charge on any atom is 0.258 e. The molecule has 7 heteroatoms. The molecule has 31 heavy (non-hydrogen) atoms. The highest BCUT2D eigenvalue weighted by Crippen LogP contribution is 2.33. The summed E-state index contributed by atoms with van der Waals surface area (Å²) >= 11 is 0. The molecule has 160 valence electrons. The van der Waals surface area contributed by atoms with Crippen molar-refractivity contribution < 1.29 is 13.2 Å². The zero-order chi connectivity index (χ0) is 22.0. The van der Waals surface area contributed by atoms with Gasteiger partial charge in [0.2, 0.25) is 10.0 Å². The van der Waals surface area contributed by atoms with Crippen LogP contribution in [0.1, 0.15) is 29.8 Å². The largest absolute Gasteiger partial charge is 0.308 e. The van der Waals surface area contributed by atoms with E-state index in [2.05, 4.69) is 11.1 Å². The second-order valence-electron chi connectivity index (χ2n) is 7.40. The average Bonchev–Trinajstić information content (AvgIpc) is 3.23. The van der Waals surface area contributed by atoms with Gasteiger partial charge < -0.3 is 4.90 Å². The molecule has 0 aliphatic carbocycles. The molecule has 4 rings (SSSR count). The molecule has 2 heterocycles. The SMILES string of the molecule is CCN(CC)S(=O)(=O)c1ccc(C(=O)N2CCc3cc(-c4ccncc4)ccc32)cc1. The molecule has 1 aliphatic rings. The summed E-state index contributed by atoms with van der Waals surface area (Å²) in [4.78, 5) is 19.2. The van der Waals surface area contributed by atoms with Crippen LogP contribution in [0.2, 0.25) is 0 Å². The summed E-state index contributed by atoms with van der Waals surface area (Å²) in [6.07, 6.45) is 4.32. The van der Waals surface area contributed by atoms with E-state index in [1.165, 1.54) is 16.4 Å². The number of sulfonamides is 1. The zero-order valence-electron chi connectivity index (χ0n) is 17.7. The number of fused-ring (bicyclic) bond motifs is 1. The summed E-state index contributed by atoms with van der Waals surface area (Å²) in [6.45, 7) is 5.04. The molecule has 1 aromatic heterocycles. The number of aromatic nitrogens is 1.